The van der Waals surface area contributed by atoms with E-state index in [4.69, 9.17) is 9.97 Å². The molecule has 54 heavy (non-hydrogen) atoms. The molecule has 0 radical (unpaired) electrons. The number of allylic oxidation sites excluding steroid dienone is 4. The Hall–Kier alpha value is -7.04. The number of hydrogen-bond acceptors (Lipinski definition) is 4. The first-order valence-electron chi connectivity index (χ1n) is 18.4. The van der Waals surface area contributed by atoms with E-state index in [0.29, 0.717) is 0 Å². The standard InChI is InChI=1S/C50H34N4/c1-3-15-41-35(9-1)11-5-17-43(41)45-29-47-48(30-46(45)44-18-6-12-36-10-2-4-16-42(36)44)54-50(38-25-21-34(22-26-38)40-14-8-28-52-32-40)49(53-47)37-23-19-33(20-24-37)39-13-7-27-51-31-39/h1-21,23-32,34H,22H2. The monoisotopic (exact) mass is 690 g/mol. The number of aromatic nitrogens is 4. The van der Waals surface area contributed by atoms with E-state index in [1.807, 2.05) is 30.7 Å². The third kappa shape index (κ3) is 5.75. The van der Waals surface area contributed by atoms with Crippen molar-refractivity contribution >= 4 is 38.2 Å². The molecule has 0 fully saturated rings. The molecule has 0 aliphatic heterocycles. The van der Waals surface area contributed by atoms with Crippen LogP contribution < -0.4 is 0 Å². The first kappa shape index (κ1) is 31.7. The third-order valence-electron chi connectivity index (χ3n) is 10.6. The lowest BCUT2D eigenvalue weighted by atomic mass is 9.88. The van der Waals surface area contributed by atoms with Gasteiger partial charge in [-0.25, -0.2) is 9.97 Å². The van der Waals surface area contributed by atoms with Gasteiger partial charge in [-0.05, 0) is 96.7 Å². The first-order chi connectivity index (χ1) is 26.8. The van der Waals surface area contributed by atoms with Crippen molar-refractivity contribution in [2.24, 2.45) is 0 Å². The van der Waals surface area contributed by atoms with Gasteiger partial charge in [-0.3, -0.25) is 9.97 Å². The van der Waals surface area contributed by atoms with Gasteiger partial charge in [-0.1, -0.05) is 140 Å². The van der Waals surface area contributed by atoms with E-state index < -0.39 is 0 Å². The Morgan fingerprint density at radius 3 is 1.65 bits per heavy atom. The van der Waals surface area contributed by atoms with Crippen LogP contribution in [-0.4, -0.2) is 19.9 Å². The molecule has 1 aliphatic rings. The zero-order valence-electron chi connectivity index (χ0n) is 29.5. The Kier molecular flexibility index (Phi) is 7.92. The van der Waals surface area contributed by atoms with Crippen LogP contribution in [0.2, 0.25) is 0 Å². The normalized spacial score (nSPS) is 14.1. The predicted octanol–water partition coefficient (Wildman–Crippen LogP) is 12.5. The number of rotatable bonds is 6. The highest BCUT2D eigenvalue weighted by Gasteiger charge is 2.21. The Labute approximate surface area is 313 Å². The highest BCUT2D eigenvalue weighted by molar-refractivity contribution is 6.08. The molecular formula is C50H34N4. The van der Waals surface area contributed by atoms with Gasteiger partial charge in [0.25, 0.3) is 0 Å². The smallest absolute Gasteiger partial charge is 0.0972 e. The molecule has 3 aromatic heterocycles. The number of benzene rings is 6. The van der Waals surface area contributed by atoms with Gasteiger partial charge in [0.2, 0.25) is 0 Å². The van der Waals surface area contributed by atoms with Crippen LogP contribution in [0.1, 0.15) is 23.6 Å². The van der Waals surface area contributed by atoms with E-state index in [0.717, 1.165) is 62.2 Å². The average molecular weight is 691 g/mol. The van der Waals surface area contributed by atoms with Crippen molar-refractivity contribution in [1.29, 1.82) is 0 Å². The molecule has 0 N–H and O–H groups in total. The van der Waals surface area contributed by atoms with E-state index in [9.17, 15) is 0 Å². The summed E-state index contributed by atoms with van der Waals surface area (Å²) in [6, 6.07) is 51.7. The lowest BCUT2D eigenvalue weighted by molar-refractivity contribution is 0.848. The molecule has 1 aliphatic carbocycles. The lowest BCUT2D eigenvalue weighted by Crippen LogP contribution is -2.03. The summed E-state index contributed by atoms with van der Waals surface area (Å²) < 4.78 is 0. The molecule has 0 saturated carbocycles. The summed E-state index contributed by atoms with van der Waals surface area (Å²) in [6.07, 6.45) is 15.1. The van der Waals surface area contributed by atoms with Gasteiger partial charge in [0, 0.05) is 36.3 Å². The Balaban J connectivity index is 1.20. The van der Waals surface area contributed by atoms with E-state index in [-0.39, 0.29) is 5.92 Å². The van der Waals surface area contributed by atoms with E-state index in [2.05, 4.69) is 162 Å². The lowest BCUT2D eigenvalue weighted by Gasteiger charge is -2.19. The Bertz CT molecular complexity index is 2880. The number of nitrogens with zero attached hydrogens (tertiary/aromatic N) is 4. The average Bonchev–Trinajstić information content (AvgIpc) is 3.26. The van der Waals surface area contributed by atoms with Gasteiger partial charge in [-0.2, -0.15) is 0 Å². The number of hydrogen-bond donors (Lipinski definition) is 0. The van der Waals surface area contributed by atoms with Crippen LogP contribution in [-0.2, 0) is 0 Å². The molecule has 4 heteroatoms. The third-order valence-corrected chi connectivity index (χ3v) is 10.6. The molecule has 10 rings (SSSR count). The Morgan fingerprint density at radius 1 is 0.463 bits per heavy atom. The highest BCUT2D eigenvalue weighted by Crippen LogP contribution is 2.42. The minimum absolute atomic E-state index is 0.263. The summed E-state index contributed by atoms with van der Waals surface area (Å²) >= 11 is 0. The highest BCUT2D eigenvalue weighted by atomic mass is 14.8. The molecule has 0 bridgehead atoms. The minimum Gasteiger partial charge on any atom is -0.264 e. The van der Waals surface area contributed by atoms with Crippen LogP contribution in [0.3, 0.4) is 0 Å². The van der Waals surface area contributed by atoms with Crippen molar-refractivity contribution in [2.45, 2.75) is 12.3 Å². The summed E-state index contributed by atoms with van der Waals surface area (Å²) in [6.45, 7) is 0. The second-order valence-electron chi connectivity index (χ2n) is 13.8. The van der Waals surface area contributed by atoms with Crippen molar-refractivity contribution in [3.63, 3.8) is 0 Å². The van der Waals surface area contributed by atoms with Crippen molar-refractivity contribution in [1.82, 2.24) is 19.9 Å². The first-order valence-corrected chi connectivity index (χ1v) is 18.4. The van der Waals surface area contributed by atoms with Gasteiger partial charge >= 0.3 is 0 Å². The fourth-order valence-corrected chi connectivity index (χ4v) is 7.86. The van der Waals surface area contributed by atoms with Crippen LogP contribution in [0.15, 0.2) is 189 Å². The van der Waals surface area contributed by atoms with E-state index >= 15 is 0 Å². The molecule has 0 amide bonds. The largest absolute Gasteiger partial charge is 0.264 e. The summed E-state index contributed by atoms with van der Waals surface area (Å²) in [4.78, 5) is 19.7. The van der Waals surface area contributed by atoms with E-state index in [1.165, 1.54) is 38.2 Å². The van der Waals surface area contributed by atoms with Crippen molar-refractivity contribution in [3.05, 3.63) is 200 Å². The summed E-state index contributed by atoms with van der Waals surface area (Å²) in [5.41, 5.74) is 13.5. The molecule has 1 atom stereocenters. The molecule has 0 spiro atoms. The molecule has 3 heterocycles. The van der Waals surface area contributed by atoms with Gasteiger partial charge in [-0.15, -0.1) is 0 Å². The topological polar surface area (TPSA) is 51.6 Å². The molecule has 4 nitrogen and oxygen atoms in total. The predicted molar refractivity (Wildman–Crippen MR) is 223 cm³/mol. The fourth-order valence-electron chi connectivity index (χ4n) is 7.86. The van der Waals surface area contributed by atoms with E-state index in [1.54, 1.807) is 6.20 Å². The molecule has 9 aromatic rings. The Morgan fingerprint density at radius 2 is 1.06 bits per heavy atom. The maximum Gasteiger partial charge on any atom is 0.0972 e. The van der Waals surface area contributed by atoms with Crippen molar-refractivity contribution in [3.8, 4) is 44.6 Å². The van der Waals surface area contributed by atoms with Gasteiger partial charge in [0.05, 0.1) is 22.4 Å². The zero-order valence-corrected chi connectivity index (χ0v) is 29.5. The van der Waals surface area contributed by atoms with Gasteiger partial charge in [0.15, 0.2) is 0 Å². The molecule has 1 unspecified atom stereocenters. The van der Waals surface area contributed by atoms with Gasteiger partial charge < -0.3 is 0 Å². The van der Waals surface area contributed by atoms with Crippen LogP contribution >= 0.6 is 0 Å². The minimum atomic E-state index is 0.263. The molecule has 6 aromatic carbocycles. The summed E-state index contributed by atoms with van der Waals surface area (Å²) in [5.74, 6) is 0.263. The number of fused-ring (bicyclic) bond motifs is 3. The zero-order chi connectivity index (χ0) is 35.8. The SMILES string of the molecule is C1=CC(c2cccnc2)CC=C1c1nc2cc(-c3cccc4ccccc34)c(-c3cccc4ccccc34)cc2nc1-c1ccc(-c2cccnc2)cc1. The van der Waals surface area contributed by atoms with Crippen molar-refractivity contribution in [2.75, 3.05) is 0 Å². The van der Waals surface area contributed by atoms with Crippen LogP contribution in [0.4, 0.5) is 0 Å². The van der Waals surface area contributed by atoms with Crippen LogP contribution in [0.25, 0.3) is 82.8 Å². The van der Waals surface area contributed by atoms with Crippen LogP contribution in [0.5, 0.6) is 0 Å². The fraction of sp³-hybridized carbons (Fsp3) is 0.0400. The van der Waals surface area contributed by atoms with Crippen molar-refractivity contribution < 1.29 is 0 Å². The second kappa shape index (κ2) is 13.5. The number of pyridine rings is 2. The quantitative estimate of drug-likeness (QED) is 0.174. The molecule has 254 valence electrons. The maximum atomic E-state index is 5.51. The van der Waals surface area contributed by atoms with Crippen LogP contribution in [0, 0.1) is 0 Å². The second-order valence-corrected chi connectivity index (χ2v) is 13.8. The molecular weight excluding hydrogens is 657 g/mol. The van der Waals surface area contributed by atoms with Gasteiger partial charge in [0.1, 0.15) is 0 Å². The summed E-state index contributed by atoms with van der Waals surface area (Å²) in [5, 5.41) is 4.82. The maximum absolute atomic E-state index is 5.51. The molecule has 0 saturated heterocycles. The summed E-state index contributed by atoms with van der Waals surface area (Å²) in [7, 11) is 0.